The molecule has 2 atom stereocenters. The van der Waals surface area contributed by atoms with Crippen molar-refractivity contribution in [2.45, 2.75) is 31.9 Å². The van der Waals surface area contributed by atoms with Crippen molar-refractivity contribution >= 4 is 11.6 Å². The molecule has 2 nitrogen and oxygen atoms in total. The Morgan fingerprint density at radius 1 is 1.35 bits per heavy atom. The predicted octanol–water partition coefficient (Wildman–Crippen LogP) is 2.93. The first-order valence-electron chi connectivity index (χ1n) is 6.27. The average Bonchev–Trinajstić information content (AvgIpc) is 2.68. The van der Waals surface area contributed by atoms with Gasteiger partial charge in [-0.15, -0.1) is 0 Å². The van der Waals surface area contributed by atoms with Crippen molar-refractivity contribution in [3.63, 3.8) is 0 Å². The molecular weight excluding hydrogens is 234 g/mol. The van der Waals surface area contributed by atoms with E-state index >= 15 is 0 Å². The Morgan fingerprint density at radius 2 is 2.12 bits per heavy atom. The molecule has 0 bridgehead atoms. The summed E-state index contributed by atoms with van der Waals surface area (Å²) in [6.45, 7) is 1.80. The van der Waals surface area contributed by atoms with Crippen LogP contribution in [-0.2, 0) is 6.54 Å². The zero-order chi connectivity index (χ0) is 12.3. The molecule has 0 saturated heterocycles. The Kier molecular flexibility index (Phi) is 4.43. The van der Waals surface area contributed by atoms with Gasteiger partial charge < -0.3 is 10.0 Å². The molecule has 3 heteroatoms. The summed E-state index contributed by atoms with van der Waals surface area (Å²) < 4.78 is 0. The van der Waals surface area contributed by atoms with Crippen LogP contribution in [0.1, 0.15) is 24.8 Å². The van der Waals surface area contributed by atoms with Gasteiger partial charge in [-0.1, -0.05) is 36.2 Å². The third kappa shape index (κ3) is 3.44. The second kappa shape index (κ2) is 5.85. The number of hydrogen-bond donors (Lipinski definition) is 1. The summed E-state index contributed by atoms with van der Waals surface area (Å²) >= 11 is 6.14. The largest absolute Gasteiger partial charge is 0.393 e. The van der Waals surface area contributed by atoms with Gasteiger partial charge in [-0.2, -0.15) is 0 Å². The molecule has 1 fully saturated rings. The fourth-order valence-corrected chi connectivity index (χ4v) is 2.81. The summed E-state index contributed by atoms with van der Waals surface area (Å²) in [6.07, 6.45) is 3.16. The minimum absolute atomic E-state index is 0.108. The van der Waals surface area contributed by atoms with E-state index in [0.717, 1.165) is 42.9 Å². The Morgan fingerprint density at radius 3 is 2.76 bits per heavy atom. The van der Waals surface area contributed by atoms with Crippen LogP contribution in [0.5, 0.6) is 0 Å². The van der Waals surface area contributed by atoms with E-state index in [4.69, 9.17) is 11.6 Å². The molecular formula is C14H20ClNO. The SMILES string of the molecule is CN(Cc1ccccc1Cl)CC1CCCC1O. The van der Waals surface area contributed by atoms with E-state index in [1.54, 1.807) is 0 Å². The summed E-state index contributed by atoms with van der Waals surface area (Å²) in [6, 6.07) is 7.95. The van der Waals surface area contributed by atoms with E-state index in [0.29, 0.717) is 5.92 Å². The van der Waals surface area contributed by atoms with Gasteiger partial charge in [0, 0.05) is 18.1 Å². The van der Waals surface area contributed by atoms with Crippen molar-refractivity contribution in [1.82, 2.24) is 4.90 Å². The summed E-state index contributed by atoms with van der Waals surface area (Å²) in [7, 11) is 2.09. The van der Waals surface area contributed by atoms with E-state index in [1.165, 1.54) is 0 Å². The molecule has 1 aliphatic rings. The lowest BCUT2D eigenvalue weighted by atomic mass is 10.1. The van der Waals surface area contributed by atoms with E-state index < -0.39 is 0 Å². The highest BCUT2D eigenvalue weighted by molar-refractivity contribution is 6.31. The summed E-state index contributed by atoms with van der Waals surface area (Å²) in [4.78, 5) is 2.25. The summed E-state index contributed by atoms with van der Waals surface area (Å²) in [5, 5.41) is 10.6. The molecule has 0 spiro atoms. The molecule has 1 aromatic carbocycles. The maximum Gasteiger partial charge on any atom is 0.0580 e. The van der Waals surface area contributed by atoms with Crippen LogP contribution in [0.4, 0.5) is 0 Å². The molecule has 1 saturated carbocycles. The van der Waals surface area contributed by atoms with Crippen molar-refractivity contribution in [2.24, 2.45) is 5.92 Å². The van der Waals surface area contributed by atoms with E-state index in [9.17, 15) is 5.11 Å². The average molecular weight is 254 g/mol. The van der Waals surface area contributed by atoms with Crippen LogP contribution in [0.3, 0.4) is 0 Å². The van der Waals surface area contributed by atoms with Crippen LogP contribution in [0.2, 0.25) is 5.02 Å². The quantitative estimate of drug-likeness (QED) is 0.892. The normalized spacial score (nSPS) is 24.5. The smallest absolute Gasteiger partial charge is 0.0580 e. The summed E-state index contributed by atoms with van der Waals surface area (Å²) in [5.41, 5.74) is 1.16. The van der Waals surface area contributed by atoms with Crippen molar-refractivity contribution in [1.29, 1.82) is 0 Å². The van der Waals surface area contributed by atoms with E-state index in [-0.39, 0.29) is 6.10 Å². The lowest BCUT2D eigenvalue weighted by Gasteiger charge is -2.23. The molecule has 0 radical (unpaired) electrons. The fourth-order valence-electron chi connectivity index (χ4n) is 2.61. The highest BCUT2D eigenvalue weighted by Crippen LogP contribution is 2.26. The standard InChI is InChI=1S/C14H20ClNO/c1-16(10-12-6-4-8-14(12)17)9-11-5-2-3-7-13(11)15/h2-3,5,7,12,14,17H,4,6,8-10H2,1H3. The monoisotopic (exact) mass is 253 g/mol. The first-order chi connectivity index (χ1) is 8.16. The molecule has 0 aromatic heterocycles. The van der Waals surface area contributed by atoms with Crippen molar-refractivity contribution in [3.05, 3.63) is 34.9 Å². The molecule has 17 heavy (non-hydrogen) atoms. The Hall–Kier alpha value is -0.570. The van der Waals surface area contributed by atoms with Crippen molar-refractivity contribution in [3.8, 4) is 0 Å². The van der Waals surface area contributed by atoms with Crippen LogP contribution < -0.4 is 0 Å². The number of hydrogen-bond acceptors (Lipinski definition) is 2. The first-order valence-corrected chi connectivity index (χ1v) is 6.64. The van der Waals surface area contributed by atoms with Crippen molar-refractivity contribution in [2.75, 3.05) is 13.6 Å². The lowest BCUT2D eigenvalue weighted by molar-refractivity contribution is 0.108. The lowest BCUT2D eigenvalue weighted by Crippen LogP contribution is -2.29. The minimum Gasteiger partial charge on any atom is -0.393 e. The Bertz CT molecular complexity index is 369. The molecule has 0 amide bonds. The molecule has 2 rings (SSSR count). The second-order valence-electron chi connectivity index (χ2n) is 5.05. The van der Waals surface area contributed by atoms with Crippen LogP contribution in [0, 0.1) is 5.92 Å². The molecule has 94 valence electrons. The molecule has 0 aliphatic heterocycles. The van der Waals surface area contributed by atoms with Crippen LogP contribution in [0.25, 0.3) is 0 Å². The van der Waals surface area contributed by atoms with Gasteiger partial charge >= 0.3 is 0 Å². The Balaban J connectivity index is 1.89. The third-order valence-corrected chi connectivity index (χ3v) is 3.93. The van der Waals surface area contributed by atoms with Gasteiger partial charge in [0.25, 0.3) is 0 Å². The van der Waals surface area contributed by atoms with Gasteiger partial charge in [-0.3, -0.25) is 0 Å². The second-order valence-corrected chi connectivity index (χ2v) is 5.45. The van der Waals surface area contributed by atoms with Crippen molar-refractivity contribution < 1.29 is 5.11 Å². The number of rotatable bonds is 4. The number of benzene rings is 1. The predicted molar refractivity (Wildman–Crippen MR) is 71.1 cm³/mol. The molecule has 1 N–H and O–H groups in total. The third-order valence-electron chi connectivity index (χ3n) is 3.56. The zero-order valence-corrected chi connectivity index (χ0v) is 11.0. The molecule has 1 aliphatic carbocycles. The minimum atomic E-state index is -0.108. The first kappa shape index (κ1) is 12.9. The van der Waals surface area contributed by atoms with Gasteiger partial charge in [0.1, 0.15) is 0 Å². The highest BCUT2D eigenvalue weighted by atomic mass is 35.5. The number of aliphatic hydroxyl groups is 1. The highest BCUT2D eigenvalue weighted by Gasteiger charge is 2.26. The fraction of sp³-hybridized carbons (Fsp3) is 0.571. The van der Waals surface area contributed by atoms with Gasteiger partial charge in [-0.05, 0) is 37.4 Å². The number of nitrogens with zero attached hydrogens (tertiary/aromatic N) is 1. The zero-order valence-electron chi connectivity index (χ0n) is 10.3. The Labute approximate surface area is 108 Å². The number of halogens is 1. The molecule has 2 unspecified atom stereocenters. The van der Waals surface area contributed by atoms with Gasteiger partial charge in [0.15, 0.2) is 0 Å². The number of aliphatic hydroxyl groups excluding tert-OH is 1. The summed E-state index contributed by atoms with van der Waals surface area (Å²) in [5.74, 6) is 0.433. The van der Waals surface area contributed by atoms with Gasteiger partial charge in [0.05, 0.1) is 6.10 Å². The van der Waals surface area contributed by atoms with Gasteiger partial charge in [0.2, 0.25) is 0 Å². The van der Waals surface area contributed by atoms with Gasteiger partial charge in [-0.25, -0.2) is 0 Å². The van der Waals surface area contributed by atoms with E-state index in [2.05, 4.69) is 18.0 Å². The molecule has 1 aromatic rings. The maximum absolute atomic E-state index is 9.81. The topological polar surface area (TPSA) is 23.5 Å². The van der Waals surface area contributed by atoms with E-state index in [1.807, 2.05) is 18.2 Å². The maximum atomic E-state index is 9.81. The van der Waals surface area contributed by atoms with Crippen LogP contribution in [0.15, 0.2) is 24.3 Å². The van der Waals surface area contributed by atoms with Crippen LogP contribution in [-0.4, -0.2) is 29.7 Å². The van der Waals surface area contributed by atoms with Crippen LogP contribution >= 0.6 is 11.6 Å². The molecule has 0 heterocycles.